The van der Waals surface area contributed by atoms with Gasteiger partial charge in [0.05, 0.1) is 0 Å². The van der Waals surface area contributed by atoms with Crippen LogP contribution in [0.5, 0.6) is 0 Å². The van der Waals surface area contributed by atoms with Gasteiger partial charge in [-0.15, -0.1) is 0 Å². The van der Waals surface area contributed by atoms with Crippen LogP contribution in [0.15, 0.2) is 24.3 Å². The van der Waals surface area contributed by atoms with Crippen molar-refractivity contribution in [1.82, 2.24) is 10.2 Å². The molecule has 100 valence electrons. The highest BCUT2D eigenvalue weighted by atomic mass is 35.5. The molecule has 3 heteroatoms. The second kappa shape index (κ2) is 6.55. The molecule has 1 aromatic rings. The van der Waals surface area contributed by atoms with Crippen molar-refractivity contribution in [3.8, 4) is 0 Å². The minimum Gasteiger partial charge on any atom is -0.317 e. The Morgan fingerprint density at radius 1 is 1.39 bits per heavy atom. The summed E-state index contributed by atoms with van der Waals surface area (Å²) in [4.78, 5) is 2.47. The van der Waals surface area contributed by atoms with Crippen LogP contribution >= 0.6 is 11.6 Å². The lowest BCUT2D eigenvalue weighted by atomic mass is 9.78. The van der Waals surface area contributed by atoms with Crippen LogP contribution in [0.25, 0.3) is 0 Å². The number of nitrogens with one attached hydrogen (secondary N) is 1. The Kier molecular flexibility index (Phi) is 5.04. The zero-order chi connectivity index (χ0) is 13.0. The van der Waals surface area contributed by atoms with Crippen molar-refractivity contribution in [1.29, 1.82) is 0 Å². The normalized spacial score (nSPS) is 23.1. The van der Waals surface area contributed by atoms with Crippen LogP contribution in [0.3, 0.4) is 0 Å². The molecule has 18 heavy (non-hydrogen) atoms. The Bertz CT molecular complexity index is 381. The first-order valence-corrected chi connectivity index (χ1v) is 7.24. The Labute approximate surface area is 115 Å². The van der Waals surface area contributed by atoms with Gasteiger partial charge >= 0.3 is 0 Å². The van der Waals surface area contributed by atoms with E-state index in [1.54, 1.807) is 0 Å². The van der Waals surface area contributed by atoms with Gasteiger partial charge in [0.25, 0.3) is 0 Å². The number of rotatable bonds is 6. The molecular formula is C15H23ClN2. The van der Waals surface area contributed by atoms with E-state index in [9.17, 15) is 0 Å². The van der Waals surface area contributed by atoms with Crippen molar-refractivity contribution in [2.24, 2.45) is 5.92 Å². The van der Waals surface area contributed by atoms with Crippen molar-refractivity contribution in [3.05, 3.63) is 34.9 Å². The van der Waals surface area contributed by atoms with E-state index in [4.69, 9.17) is 11.6 Å². The third-order valence-electron chi connectivity index (χ3n) is 3.92. The van der Waals surface area contributed by atoms with E-state index in [-0.39, 0.29) is 0 Å². The minimum absolute atomic E-state index is 0.725. The topological polar surface area (TPSA) is 15.3 Å². The Morgan fingerprint density at radius 3 is 2.83 bits per heavy atom. The van der Waals surface area contributed by atoms with E-state index in [0.717, 1.165) is 36.6 Å². The predicted octanol–water partition coefficient (Wildman–Crippen LogP) is 3.16. The van der Waals surface area contributed by atoms with E-state index in [1.807, 2.05) is 12.1 Å². The molecule has 2 nitrogen and oxygen atoms in total. The summed E-state index contributed by atoms with van der Waals surface area (Å²) in [6, 6.07) is 8.91. The van der Waals surface area contributed by atoms with E-state index >= 15 is 0 Å². The highest BCUT2D eigenvalue weighted by Crippen LogP contribution is 2.31. The van der Waals surface area contributed by atoms with Gasteiger partial charge in [0.15, 0.2) is 0 Å². The average Bonchev–Trinajstić information content (AvgIpc) is 2.27. The Morgan fingerprint density at radius 2 is 2.22 bits per heavy atom. The molecule has 1 aliphatic rings. The molecule has 2 atom stereocenters. The van der Waals surface area contributed by atoms with Gasteiger partial charge in [0, 0.05) is 17.6 Å². The van der Waals surface area contributed by atoms with Gasteiger partial charge in [-0.1, -0.05) is 30.7 Å². The van der Waals surface area contributed by atoms with Crippen LogP contribution in [0.4, 0.5) is 0 Å². The van der Waals surface area contributed by atoms with Crippen molar-refractivity contribution in [3.63, 3.8) is 0 Å². The van der Waals surface area contributed by atoms with Gasteiger partial charge in [0.1, 0.15) is 0 Å². The maximum Gasteiger partial charge on any atom is 0.0409 e. The lowest BCUT2D eigenvalue weighted by Gasteiger charge is -2.43. The van der Waals surface area contributed by atoms with E-state index in [2.05, 4.69) is 36.3 Å². The van der Waals surface area contributed by atoms with Crippen LogP contribution < -0.4 is 5.32 Å². The molecule has 0 spiro atoms. The molecule has 1 N–H and O–H groups in total. The summed E-state index contributed by atoms with van der Waals surface area (Å²) in [6.07, 6.45) is 2.69. The van der Waals surface area contributed by atoms with E-state index in [1.165, 1.54) is 18.4 Å². The second-order valence-electron chi connectivity index (χ2n) is 5.26. The molecule has 0 bridgehead atoms. The predicted molar refractivity (Wildman–Crippen MR) is 78.0 cm³/mol. The van der Waals surface area contributed by atoms with Gasteiger partial charge in [-0.2, -0.15) is 0 Å². The van der Waals surface area contributed by atoms with Gasteiger partial charge in [-0.3, -0.25) is 4.90 Å². The monoisotopic (exact) mass is 266 g/mol. The molecule has 0 aromatic heterocycles. The van der Waals surface area contributed by atoms with Crippen molar-refractivity contribution >= 4 is 11.6 Å². The highest BCUT2D eigenvalue weighted by molar-refractivity contribution is 6.30. The standard InChI is InChI=1S/C15H23ClN2/c1-3-17-10-13-7-8-15(13)18(2)11-12-5-4-6-14(16)9-12/h4-6,9,13,15,17H,3,7-8,10-11H2,1-2H3. The maximum atomic E-state index is 6.02. The number of nitrogens with zero attached hydrogens (tertiary/aromatic N) is 1. The molecular weight excluding hydrogens is 244 g/mol. The van der Waals surface area contributed by atoms with Crippen molar-refractivity contribution in [2.45, 2.75) is 32.4 Å². The van der Waals surface area contributed by atoms with Gasteiger partial charge in [-0.25, -0.2) is 0 Å². The maximum absolute atomic E-state index is 6.02. The van der Waals surface area contributed by atoms with Gasteiger partial charge in [-0.05, 0) is 56.6 Å². The summed E-state index contributed by atoms with van der Waals surface area (Å²) in [5.74, 6) is 0.814. The molecule has 0 saturated heterocycles. The van der Waals surface area contributed by atoms with Gasteiger partial charge in [0.2, 0.25) is 0 Å². The molecule has 0 heterocycles. The number of benzene rings is 1. The van der Waals surface area contributed by atoms with Crippen LogP contribution in [-0.2, 0) is 6.54 Å². The van der Waals surface area contributed by atoms with Crippen LogP contribution in [0.2, 0.25) is 5.02 Å². The van der Waals surface area contributed by atoms with E-state index < -0.39 is 0 Å². The molecule has 1 aliphatic carbocycles. The highest BCUT2D eigenvalue weighted by Gasteiger charge is 2.33. The first-order valence-electron chi connectivity index (χ1n) is 6.86. The zero-order valence-electron chi connectivity index (χ0n) is 11.3. The van der Waals surface area contributed by atoms with Gasteiger partial charge < -0.3 is 5.32 Å². The molecule has 2 rings (SSSR count). The fraction of sp³-hybridized carbons (Fsp3) is 0.600. The van der Waals surface area contributed by atoms with Crippen molar-refractivity contribution < 1.29 is 0 Å². The third kappa shape index (κ3) is 3.47. The first-order chi connectivity index (χ1) is 8.70. The summed E-state index contributed by atoms with van der Waals surface area (Å²) in [6.45, 7) is 5.39. The third-order valence-corrected chi connectivity index (χ3v) is 4.16. The number of halogens is 1. The summed E-state index contributed by atoms with van der Waals surface area (Å²) in [5, 5.41) is 4.29. The summed E-state index contributed by atoms with van der Waals surface area (Å²) in [7, 11) is 2.23. The van der Waals surface area contributed by atoms with Crippen LogP contribution in [0.1, 0.15) is 25.3 Å². The molecule has 1 saturated carbocycles. The average molecular weight is 267 g/mol. The number of hydrogen-bond donors (Lipinski definition) is 1. The molecule has 2 unspecified atom stereocenters. The largest absolute Gasteiger partial charge is 0.317 e. The SMILES string of the molecule is CCNCC1CCC1N(C)Cc1cccc(Cl)c1. The smallest absolute Gasteiger partial charge is 0.0409 e. The Balaban J connectivity index is 1.86. The number of hydrogen-bond acceptors (Lipinski definition) is 2. The molecule has 1 fully saturated rings. The zero-order valence-corrected chi connectivity index (χ0v) is 12.1. The van der Waals surface area contributed by atoms with E-state index in [0.29, 0.717) is 0 Å². The lowest BCUT2D eigenvalue weighted by molar-refractivity contribution is 0.0784. The quantitative estimate of drug-likeness (QED) is 0.851. The minimum atomic E-state index is 0.725. The first kappa shape index (κ1) is 13.9. The van der Waals surface area contributed by atoms with Crippen LogP contribution in [-0.4, -0.2) is 31.1 Å². The molecule has 1 aromatic carbocycles. The summed E-state index contributed by atoms with van der Waals surface area (Å²) in [5.41, 5.74) is 1.30. The Hall–Kier alpha value is -0.570. The van der Waals surface area contributed by atoms with Crippen molar-refractivity contribution in [2.75, 3.05) is 20.1 Å². The molecule has 0 radical (unpaired) electrons. The summed E-state index contributed by atoms with van der Waals surface area (Å²) < 4.78 is 0. The lowest BCUT2D eigenvalue weighted by Crippen LogP contribution is -2.48. The van der Waals surface area contributed by atoms with Crippen LogP contribution in [0, 0.1) is 5.92 Å². The second-order valence-corrected chi connectivity index (χ2v) is 5.69. The molecule has 0 aliphatic heterocycles. The molecule has 0 amide bonds. The fourth-order valence-corrected chi connectivity index (χ4v) is 2.95. The fourth-order valence-electron chi connectivity index (χ4n) is 2.74. The summed E-state index contributed by atoms with van der Waals surface area (Å²) >= 11 is 6.02.